The van der Waals surface area contributed by atoms with Gasteiger partial charge in [-0.15, -0.1) is 0 Å². The molecular weight excluding hydrogens is 353 g/mol. The van der Waals surface area contributed by atoms with E-state index in [4.69, 9.17) is 0 Å². The summed E-state index contributed by atoms with van der Waals surface area (Å²) in [5.74, 6) is 0.412. The van der Waals surface area contributed by atoms with E-state index in [2.05, 4.69) is 29.5 Å². The third kappa shape index (κ3) is 2.10. The first-order valence-electron chi connectivity index (χ1n) is 6.75. The molecule has 2 amide bonds. The second kappa shape index (κ2) is 4.89. The highest BCUT2D eigenvalue weighted by atomic mass is 127. The molecule has 0 aromatic heterocycles. The van der Waals surface area contributed by atoms with Gasteiger partial charge in [0, 0.05) is 3.57 Å². The number of rotatable bonds is 2. The summed E-state index contributed by atoms with van der Waals surface area (Å²) in [5, 5.41) is 0. The number of fused-ring (bicyclic) bond motifs is 1. The summed E-state index contributed by atoms with van der Waals surface area (Å²) >= 11 is 2.22. The molecule has 0 spiro atoms. The van der Waals surface area contributed by atoms with Crippen LogP contribution in [0.15, 0.2) is 24.3 Å². The summed E-state index contributed by atoms with van der Waals surface area (Å²) in [5.41, 5.74) is 0.720. The lowest BCUT2D eigenvalue weighted by Gasteiger charge is -2.17. The van der Waals surface area contributed by atoms with Crippen LogP contribution < -0.4 is 4.90 Å². The molecule has 1 aliphatic heterocycles. The summed E-state index contributed by atoms with van der Waals surface area (Å²) in [7, 11) is 0. The lowest BCUT2D eigenvalue weighted by atomic mass is 10.00. The van der Waals surface area contributed by atoms with Gasteiger partial charge in [0.25, 0.3) is 0 Å². The minimum absolute atomic E-state index is 0.00663. The zero-order chi connectivity index (χ0) is 13.6. The number of nitrogens with zero attached hydrogens (tertiary/aromatic N) is 1. The molecule has 1 saturated carbocycles. The van der Waals surface area contributed by atoms with Gasteiger partial charge in [0.1, 0.15) is 0 Å². The van der Waals surface area contributed by atoms with Crippen LogP contribution in [-0.2, 0) is 9.59 Å². The van der Waals surface area contributed by atoms with Crippen molar-refractivity contribution in [1.29, 1.82) is 0 Å². The molecule has 2 atom stereocenters. The molecule has 1 aromatic rings. The molecule has 2 fully saturated rings. The lowest BCUT2D eigenvalue weighted by Crippen LogP contribution is -2.32. The van der Waals surface area contributed by atoms with Crippen molar-refractivity contribution in [3.8, 4) is 0 Å². The highest BCUT2D eigenvalue weighted by Gasteiger charge is 2.52. The number of benzene rings is 1. The molecule has 1 saturated heterocycles. The first-order valence-corrected chi connectivity index (χ1v) is 7.83. The van der Waals surface area contributed by atoms with Gasteiger partial charge in [0.15, 0.2) is 0 Å². The first-order chi connectivity index (χ1) is 9.11. The highest BCUT2D eigenvalue weighted by molar-refractivity contribution is 14.1. The number of anilines is 1. The van der Waals surface area contributed by atoms with E-state index >= 15 is 0 Å². The van der Waals surface area contributed by atoms with E-state index in [0.29, 0.717) is 5.92 Å². The third-order valence-electron chi connectivity index (χ3n) is 4.40. The van der Waals surface area contributed by atoms with Crippen molar-refractivity contribution in [3.63, 3.8) is 0 Å². The minimum atomic E-state index is -0.0725. The van der Waals surface area contributed by atoms with Gasteiger partial charge >= 0.3 is 0 Å². The second-order valence-corrected chi connectivity index (χ2v) is 6.69. The Kier molecular flexibility index (Phi) is 3.37. The van der Waals surface area contributed by atoms with E-state index in [1.165, 1.54) is 4.90 Å². The molecule has 100 valence electrons. The van der Waals surface area contributed by atoms with Crippen LogP contribution in [0.5, 0.6) is 0 Å². The average molecular weight is 369 g/mol. The number of hydrogen-bond acceptors (Lipinski definition) is 2. The Balaban J connectivity index is 1.88. The van der Waals surface area contributed by atoms with E-state index in [0.717, 1.165) is 28.5 Å². The van der Waals surface area contributed by atoms with E-state index in [1.807, 2.05) is 24.3 Å². The number of hydrogen-bond donors (Lipinski definition) is 0. The SMILES string of the molecule is CCC1CC2C(=O)N(c3ccc(I)cc3)C(=O)C2C1. The molecule has 3 rings (SSSR count). The standard InChI is InChI=1S/C15H16INO2/c1-2-9-7-12-13(8-9)15(19)17(14(12)18)11-5-3-10(16)4-6-11/h3-6,9,12-13H,2,7-8H2,1H3. The summed E-state index contributed by atoms with van der Waals surface area (Å²) in [6.07, 6.45) is 2.83. The zero-order valence-electron chi connectivity index (χ0n) is 10.8. The Morgan fingerprint density at radius 2 is 1.63 bits per heavy atom. The van der Waals surface area contributed by atoms with Crippen molar-refractivity contribution >= 4 is 40.1 Å². The molecule has 19 heavy (non-hydrogen) atoms. The van der Waals surface area contributed by atoms with Gasteiger partial charge in [-0.25, -0.2) is 0 Å². The average Bonchev–Trinajstić information content (AvgIpc) is 2.93. The van der Waals surface area contributed by atoms with Crippen LogP contribution in [0.4, 0.5) is 5.69 Å². The molecular formula is C15H16INO2. The Hall–Kier alpha value is -0.910. The fraction of sp³-hybridized carbons (Fsp3) is 0.467. The molecule has 0 bridgehead atoms. The fourth-order valence-corrected chi connectivity index (χ4v) is 3.67. The molecule has 4 heteroatoms. The molecule has 1 aromatic carbocycles. The van der Waals surface area contributed by atoms with E-state index in [1.54, 1.807) is 0 Å². The van der Waals surface area contributed by atoms with Crippen molar-refractivity contribution in [2.24, 2.45) is 17.8 Å². The predicted molar refractivity (Wildman–Crippen MR) is 81.6 cm³/mol. The van der Waals surface area contributed by atoms with Gasteiger partial charge in [0.05, 0.1) is 17.5 Å². The van der Waals surface area contributed by atoms with E-state index in [9.17, 15) is 9.59 Å². The van der Waals surface area contributed by atoms with E-state index in [-0.39, 0.29) is 23.7 Å². The van der Waals surface area contributed by atoms with Crippen molar-refractivity contribution in [1.82, 2.24) is 0 Å². The van der Waals surface area contributed by atoms with Crippen LogP contribution in [0, 0.1) is 21.3 Å². The van der Waals surface area contributed by atoms with Crippen LogP contribution in [0.25, 0.3) is 0 Å². The molecule has 3 nitrogen and oxygen atoms in total. The third-order valence-corrected chi connectivity index (χ3v) is 5.12. The minimum Gasteiger partial charge on any atom is -0.274 e. The monoisotopic (exact) mass is 369 g/mol. The van der Waals surface area contributed by atoms with Crippen LogP contribution in [0.3, 0.4) is 0 Å². The highest BCUT2D eigenvalue weighted by Crippen LogP contribution is 2.45. The summed E-state index contributed by atoms with van der Waals surface area (Å²) < 4.78 is 1.10. The number of halogens is 1. The maximum absolute atomic E-state index is 12.4. The molecule has 2 unspecified atom stereocenters. The Morgan fingerprint density at radius 3 is 2.11 bits per heavy atom. The first kappa shape index (κ1) is 13.1. The van der Waals surface area contributed by atoms with Crippen molar-refractivity contribution in [2.45, 2.75) is 26.2 Å². The van der Waals surface area contributed by atoms with Crippen LogP contribution in [0.2, 0.25) is 0 Å². The van der Waals surface area contributed by atoms with Gasteiger partial charge in [-0.05, 0) is 65.6 Å². The Labute approximate surface area is 126 Å². The smallest absolute Gasteiger partial charge is 0.237 e. The quantitative estimate of drug-likeness (QED) is 0.593. The topological polar surface area (TPSA) is 37.4 Å². The summed E-state index contributed by atoms with van der Waals surface area (Å²) in [6, 6.07) is 7.57. The fourth-order valence-electron chi connectivity index (χ4n) is 3.31. The molecule has 1 aliphatic carbocycles. The predicted octanol–water partition coefficient (Wildman–Crippen LogP) is 3.22. The normalized spacial score (nSPS) is 30.0. The molecule has 0 N–H and O–H groups in total. The number of amides is 2. The maximum atomic E-state index is 12.4. The second-order valence-electron chi connectivity index (χ2n) is 5.45. The summed E-state index contributed by atoms with van der Waals surface area (Å²) in [4.78, 5) is 26.3. The van der Waals surface area contributed by atoms with Gasteiger partial charge in [-0.2, -0.15) is 0 Å². The number of carbonyl (C=O) groups is 2. The largest absolute Gasteiger partial charge is 0.274 e. The molecule has 2 aliphatic rings. The van der Waals surface area contributed by atoms with Gasteiger partial charge < -0.3 is 0 Å². The van der Waals surface area contributed by atoms with E-state index < -0.39 is 0 Å². The number of carbonyl (C=O) groups excluding carboxylic acids is 2. The van der Waals surface area contributed by atoms with Crippen LogP contribution in [0.1, 0.15) is 26.2 Å². The summed E-state index contributed by atoms with van der Waals surface area (Å²) in [6.45, 7) is 2.14. The van der Waals surface area contributed by atoms with Gasteiger partial charge in [-0.3, -0.25) is 14.5 Å². The van der Waals surface area contributed by atoms with Gasteiger partial charge in [0.2, 0.25) is 11.8 Å². The number of imide groups is 1. The van der Waals surface area contributed by atoms with Crippen molar-refractivity contribution in [3.05, 3.63) is 27.8 Å². The molecule has 1 heterocycles. The Bertz CT molecular complexity index is 501. The van der Waals surface area contributed by atoms with Crippen molar-refractivity contribution < 1.29 is 9.59 Å². The van der Waals surface area contributed by atoms with Gasteiger partial charge in [-0.1, -0.05) is 13.3 Å². The van der Waals surface area contributed by atoms with Crippen LogP contribution in [-0.4, -0.2) is 11.8 Å². The lowest BCUT2D eigenvalue weighted by molar-refractivity contribution is -0.123. The zero-order valence-corrected chi connectivity index (χ0v) is 13.0. The van der Waals surface area contributed by atoms with Crippen LogP contribution >= 0.6 is 22.6 Å². The Morgan fingerprint density at radius 1 is 1.11 bits per heavy atom. The van der Waals surface area contributed by atoms with Crippen molar-refractivity contribution in [2.75, 3.05) is 4.90 Å². The molecule has 0 radical (unpaired) electrons. The maximum Gasteiger partial charge on any atom is 0.237 e.